The molecule has 3 rings (SSSR count). The first kappa shape index (κ1) is 21.2. The van der Waals surface area contributed by atoms with Crippen molar-refractivity contribution in [2.45, 2.75) is 26.1 Å². The first-order valence-electron chi connectivity index (χ1n) is 8.92. The van der Waals surface area contributed by atoms with Crippen LogP contribution in [-0.2, 0) is 4.79 Å². The number of amides is 1. The highest BCUT2D eigenvalue weighted by Gasteiger charge is 2.31. The molecule has 1 unspecified atom stereocenters. The van der Waals surface area contributed by atoms with Crippen molar-refractivity contribution in [2.24, 2.45) is 5.73 Å². The van der Waals surface area contributed by atoms with Crippen molar-refractivity contribution in [1.82, 2.24) is 4.57 Å². The molecule has 0 saturated heterocycles. The second-order valence-corrected chi connectivity index (χ2v) is 6.72. The lowest BCUT2D eigenvalue weighted by molar-refractivity contribution is -0.274. The molecular formula is C21H19F3N2O4. The molecule has 3 aromatic rings. The van der Waals surface area contributed by atoms with Gasteiger partial charge in [0.15, 0.2) is 0 Å². The summed E-state index contributed by atoms with van der Waals surface area (Å²) in [5.41, 5.74) is 7.26. The zero-order valence-corrected chi connectivity index (χ0v) is 16.4. The van der Waals surface area contributed by atoms with Crippen molar-refractivity contribution in [3.05, 3.63) is 59.3 Å². The second-order valence-electron chi connectivity index (χ2n) is 6.72. The van der Waals surface area contributed by atoms with Gasteiger partial charge in [0.1, 0.15) is 11.5 Å². The van der Waals surface area contributed by atoms with E-state index >= 15 is 0 Å². The number of rotatable bonds is 5. The van der Waals surface area contributed by atoms with Gasteiger partial charge in [-0.3, -0.25) is 14.2 Å². The summed E-state index contributed by atoms with van der Waals surface area (Å²) in [5, 5.41) is 0.628. The number of halogens is 3. The van der Waals surface area contributed by atoms with Gasteiger partial charge in [0.2, 0.25) is 5.91 Å². The minimum Gasteiger partial charge on any atom is -0.497 e. The minimum absolute atomic E-state index is 0.152. The van der Waals surface area contributed by atoms with Crippen LogP contribution < -0.4 is 15.2 Å². The Kier molecular flexibility index (Phi) is 5.47. The summed E-state index contributed by atoms with van der Waals surface area (Å²) >= 11 is 0. The van der Waals surface area contributed by atoms with Crippen molar-refractivity contribution in [3.63, 3.8) is 0 Å². The van der Waals surface area contributed by atoms with Crippen molar-refractivity contribution in [2.75, 3.05) is 7.11 Å². The van der Waals surface area contributed by atoms with E-state index in [-0.39, 0.29) is 5.56 Å². The SMILES string of the molecule is COc1ccc2c(c1)c(C(C)C(N)=O)c(C)n2C(=O)c1ccc(OC(F)(F)F)cc1. The highest BCUT2D eigenvalue weighted by molar-refractivity contribution is 6.05. The Morgan fingerprint density at radius 2 is 1.67 bits per heavy atom. The number of nitrogens with zero attached hydrogens (tertiary/aromatic N) is 1. The van der Waals surface area contributed by atoms with Crippen molar-refractivity contribution < 1.29 is 32.2 Å². The topological polar surface area (TPSA) is 83.5 Å². The molecule has 1 aromatic heterocycles. The van der Waals surface area contributed by atoms with Gasteiger partial charge < -0.3 is 15.2 Å². The monoisotopic (exact) mass is 420 g/mol. The number of carbonyl (C=O) groups excluding carboxylic acids is 2. The van der Waals surface area contributed by atoms with Crippen LogP contribution in [-0.4, -0.2) is 29.9 Å². The number of fused-ring (bicyclic) bond motifs is 1. The van der Waals surface area contributed by atoms with Crippen LogP contribution in [0.2, 0.25) is 0 Å². The third kappa shape index (κ3) is 3.96. The van der Waals surface area contributed by atoms with Crippen LogP contribution in [0.1, 0.15) is 34.5 Å². The van der Waals surface area contributed by atoms with Gasteiger partial charge >= 0.3 is 6.36 Å². The minimum atomic E-state index is -4.82. The van der Waals surface area contributed by atoms with Gasteiger partial charge in [0.05, 0.1) is 18.5 Å². The Labute approximate surface area is 170 Å². The summed E-state index contributed by atoms with van der Waals surface area (Å²) in [7, 11) is 1.50. The van der Waals surface area contributed by atoms with Crippen molar-refractivity contribution in [3.8, 4) is 11.5 Å². The molecule has 0 saturated carbocycles. The molecule has 0 radical (unpaired) electrons. The molecule has 1 amide bonds. The molecular weight excluding hydrogens is 401 g/mol. The van der Waals surface area contributed by atoms with Gasteiger partial charge in [0, 0.05) is 16.6 Å². The molecule has 158 valence electrons. The predicted molar refractivity (Wildman–Crippen MR) is 104 cm³/mol. The van der Waals surface area contributed by atoms with Gasteiger partial charge in [0.25, 0.3) is 5.91 Å². The summed E-state index contributed by atoms with van der Waals surface area (Å²) in [6.45, 7) is 3.32. The van der Waals surface area contributed by atoms with E-state index in [9.17, 15) is 22.8 Å². The fourth-order valence-corrected chi connectivity index (χ4v) is 3.43. The van der Waals surface area contributed by atoms with Crippen LogP contribution in [0.5, 0.6) is 11.5 Å². The van der Waals surface area contributed by atoms with E-state index in [1.165, 1.54) is 23.8 Å². The largest absolute Gasteiger partial charge is 0.573 e. The van der Waals surface area contributed by atoms with Crippen LogP contribution in [0.25, 0.3) is 10.9 Å². The van der Waals surface area contributed by atoms with Crippen LogP contribution in [0, 0.1) is 6.92 Å². The molecule has 0 aliphatic heterocycles. The van der Waals surface area contributed by atoms with Gasteiger partial charge in [-0.25, -0.2) is 0 Å². The Hall–Kier alpha value is -3.49. The normalized spacial score (nSPS) is 12.6. The lowest BCUT2D eigenvalue weighted by Crippen LogP contribution is -2.20. The van der Waals surface area contributed by atoms with Crippen LogP contribution in [0.4, 0.5) is 13.2 Å². The number of hydrogen-bond donors (Lipinski definition) is 1. The van der Waals surface area contributed by atoms with Crippen molar-refractivity contribution in [1.29, 1.82) is 0 Å². The molecule has 9 heteroatoms. The Bertz CT molecular complexity index is 1120. The molecule has 2 N–H and O–H groups in total. The summed E-state index contributed by atoms with van der Waals surface area (Å²) in [4.78, 5) is 25.0. The molecule has 0 spiro atoms. The fraction of sp³-hybridized carbons (Fsp3) is 0.238. The fourth-order valence-electron chi connectivity index (χ4n) is 3.43. The molecule has 2 aromatic carbocycles. The van der Waals surface area contributed by atoms with E-state index in [2.05, 4.69) is 4.74 Å². The number of hydrogen-bond acceptors (Lipinski definition) is 4. The maximum absolute atomic E-state index is 13.2. The summed E-state index contributed by atoms with van der Waals surface area (Å²) in [5.74, 6) is -1.58. The average Bonchev–Trinajstić information content (AvgIpc) is 2.96. The lowest BCUT2D eigenvalue weighted by Gasteiger charge is -2.11. The van der Waals surface area contributed by atoms with Gasteiger partial charge in [-0.15, -0.1) is 13.2 Å². The number of ether oxygens (including phenoxy) is 2. The Balaban J connectivity index is 2.12. The van der Waals surface area contributed by atoms with E-state index in [1.54, 1.807) is 32.0 Å². The van der Waals surface area contributed by atoms with Crippen LogP contribution in [0.15, 0.2) is 42.5 Å². The highest BCUT2D eigenvalue weighted by Crippen LogP contribution is 2.35. The number of carbonyl (C=O) groups is 2. The molecule has 1 heterocycles. The van der Waals surface area contributed by atoms with Gasteiger partial charge in [-0.2, -0.15) is 0 Å². The van der Waals surface area contributed by atoms with Crippen molar-refractivity contribution >= 4 is 22.7 Å². The maximum Gasteiger partial charge on any atom is 0.573 e. The summed E-state index contributed by atoms with van der Waals surface area (Å²) in [6.07, 6.45) is -4.82. The van der Waals surface area contributed by atoms with Crippen LogP contribution in [0.3, 0.4) is 0 Å². The number of nitrogens with two attached hydrogens (primary N) is 1. The smallest absolute Gasteiger partial charge is 0.497 e. The first-order valence-corrected chi connectivity index (χ1v) is 8.92. The molecule has 30 heavy (non-hydrogen) atoms. The van der Waals surface area contributed by atoms with E-state index < -0.39 is 29.8 Å². The quantitative estimate of drug-likeness (QED) is 0.673. The zero-order chi connectivity index (χ0) is 22.2. The van der Waals surface area contributed by atoms with E-state index in [1.807, 2.05) is 0 Å². The predicted octanol–water partition coefficient (Wildman–Crippen LogP) is 4.13. The average molecular weight is 420 g/mol. The van der Waals surface area contributed by atoms with E-state index in [4.69, 9.17) is 10.5 Å². The molecule has 0 bridgehead atoms. The van der Waals surface area contributed by atoms with E-state index in [0.717, 1.165) is 12.1 Å². The maximum atomic E-state index is 13.2. The summed E-state index contributed by atoms with van der Waals surface area (Å²) in [6, 6.07) is 9.68. The summed E-state index contributed by atoms with van der Waals surface area (Å²) < 4.78 is 47.6. The zero-order valence-electron chi connectivity index (χ0n) is 16.4. The van der Waals surface area contributed by atoms with Gasteiger partial charge in [-0.1, -0.05) is 0 Å². The lowest BCUT2D eigenvalue weighted by atomic mass is 9.97. The third-order valence-electron chi connectivity index (χ3n) is 4.86. The number of alkyl halides is 3. The Morgan fingerprint density at radius 3 is 2.20 bits per heavy atom. The van der Waals surface area contributed by atoms with E-state index in [0.29, 0.717) is 27.9 Å². The second kappa shape index (κ2) is 7.74. The number of benzene rings is 2. The Morgan fingerprint density at radius 1 is 1.07 bits per heavy atom. The molecule has 1 atom stereocenters. The molecule has 0 aliphatic carbocycles. The number of primary amides is 1. The van der Waals surface area contributed by atoms with Crippen LogP contribution >= 0.6 is 0 Å². The first-order chi connectivity index (χ1) is 14.0. The van der Waals surface area contributed by atoms with Gasteiger partial charge in [-0.05, 0) is 61.9 Å². The molecule has 0 aliphatic rings. The highest BCUT2D eigenvalue weighted by atomic mass is 19.4. The number of methoxy groups -OCH3 is 1. The third-order valence-corrected chi connectivity index (χ3v) is 4.86. The molecule has 6 nitrogen and oxygen atoms in total. The standard InChI is InChI=1S/C21H19F3N2O4/c1-11(19(25)27)18-12(2)26(17-9-8-15(29-3)10-16(17)18)20(28)13-4-6-14(7-5-13)30-21(22,23)24/h4-11H,1-3H3,(H2,25,27). The number of aromatic nitrogens is 1. The molecule has 0 fully saturated rings.